The summed E-state index contributed by atoms with van der Waals surface area (Å²) >= 11 is 4.48. The van der Waals surface area contributed by atoms with E-state index in [-0.39, 0.29) is 61.4 Å². The Bertz CT molecular complexity index is 3170. The molecular formula is C60H64I2N6O8. The molecule has 11 rings (SSSR count). The average Bonchev–Trinajstić information content (AvgIpc) is 4.23. The number of carbonyl (C=O) groups is 3. The SMILES string of the molecule is CC(C)(C)O[C@@H]1CC(c2nc3ccc(I)cc3[nH]2)N(C(=O)OCC2c3ccccc3-c3ccccc32)C1.CC(C)(C)O[C@@H]1C[C@@H](C(=O)O)N(C(=O)OCC2c3ccccc3-c3ccccc32)C1.Nc1ccc(I)cc1N. The Morgan fingerprint density at radius 1 is 0.605 bits per heavy atom. The molecule has 2 aliphatic heterocycles. The van der Waals surface area contributed by atoms with Crippen LogP contribution < -0.4 is 11.5 Å². The Hall–Kier alpha value is -6.22. The normalized spacial score (nSPS) is 18.7. The Morgan fingerprint density at radius 3 is 1.50 bits per heavy atom. The van der Waals surface area contributed by atoms with E-state index in [1.54, 1.807) is 11.0 Å². The maximum Gasteiger partial charge on any atom is 0.410 e. The van der Waals surface area contributed by atoms with Gasteiger partial charge in [0.1, 0.15) is 25.1 Å². The minimum absolute atomic E-state index is 0.0206. The lowest BCUT2D eigenvalue weighted by molar-refractivity contribution is -0.142. The summed E-state index contributed by atoms with van der Waals surface area (Å²) in [5, 5.41) is 9.58. The summed E-state index contributed by atoms with van der Waals surface area (Å²) in [5.74, 6) is -0.310. The number of nitrogens with zero attached hydrogens (tertiary/aromatic N) is 3. The summed E-state index contributed by atoms with van der Waals surface area (Å²) in [6.45, 7) is 13.0. The minimum atomic E-state index is -1.04. The van der Waals surface area contributed by atoms with E-state index in [2.05, 4.69) is 117 Å². The highest BCUT2D eigenvalue weighted by atomic mass is 127. The Kier molecular flexibility index (Phi) is 16.4. The standard InChI is InChI=1S/C30H30IN3O3.C24H27NO5.C6H7IN2/c1-30(2,3)37-19-15-27(28-32-25-13-12-18(31)14-26(25)33-28)34(16-19)29(35)36-17-24-22-10-6-4-8-20(22)21-9-5-7-11-23(21)24;1-24(2,3)30-15-12-21(22(26)27)25(13-15)23(28)29-14-20-18-10-6-4-8-16(18)17-9-5-7-11-19(17)20;7-4-1-2-5(8)6(9)3-4/h4-14,19,24,27H,15-17H2,1-3H3,(H,32,33);4-11,15,20-21H,12-14H2,1-3H3,(H,26,27);1-3H,8-9H2/t19-,27?;15-,21+;/m11./s1. The van der Waals surface area contributed by atoms with Crippen molar-refractivity contribution in [1.82, 2.24) is 19.8 Å². The zero-order valence-electron chi connectivity index (χ0n) is 43.5. The molecule has 14 nitrogen and oxygen atoms in total. The third-order valence-corrected chi connectivity index (χ3v) is 15.2. The van der Waals surface area contributed by atoms with E-state index in [0.29, 0.717) is 30.9 Å². The number of ether oxygens (including phenoxy) is 4. The second-order valence-corrected chi connectivity index (χ2v) is 24.0. The molecule has 0 radical (unpaired) electrons. The molecule has 6 aromatic carbocycles. The molecule has 2 amide bonds. The number of imidazole rings is 1. The number of anilines is 2. The number of nitrogen functional groups attached to an aromatic ring is 2. The van der Waals surface area contributed by atoms with Gasteiger partial charge in [-0.2, -0.15) is 0 Å². The molecule has 4 aliphatic rings. The summed E-state index contributed by atoms with van der Waals surface area (Å²) < 4.78 is 26.2. The Labute approximate surface area is 471 Å². The number of carboxylic acid groups (broad SMARTS) is 1. The fourth-order valence-electron chi connectivity index (χ4n) is 10.7. The van der Waals surface area contributed by atoms with Gasteiger partial charge in [0.05, 0.1) is 64.9 Å². The fraction of sp³-hybridized carbons (Fsp3) is 0.333. The lowest BCUT2D eigenvalue weighted by Crippen LogP contribution is -2.41. The van der Waals surface area contributed by atoms with E-state index < -0.39 is 23.7 Å². The summed E-state index contributed by atoms with van der Waals surface area (Å²) in [5.41, 5.74) is 22.8. The number of aromatic nitrogens is 2. The van der Waals surface area contributed by atoms with Gasteiger partial charge < -0.3 is 40.5 Å². The van der Waals surface area contributed by atoms with Crippen molar-refractivity contribution in [2.75, 3.05) is 37.8 Å². The van der Waals surface area contributed by atoms with E-state index in [9.17, 15) is 19.5 Å². The molecule has 0 saturated carbocycles. The van der Waals surface area contributed by atoms with Crippen molar-refractivity contribution >= 4 is 85.7 Å². The first kappa shape index (κ1) is 54.6. The molecule has 396 valence electrons. The Balaban J connectivity index is 0.000000162. The number of fused-ring (bicyclic) bond motifs is 7. The van der Waals surface area contributed by atoms with E-state index in [4.69, 9.17) is 35.4 Å². The molecule has 3 heterocycles. The number of carbonyl (C=O) groups excluding carboxylic acids is 2. The molecule has 1 aromatic heterocycles. The summed E-state index contributed by atoms with van der Waals surface area (Å²) in [4.78, 5) is 49.5. The van der Waals surface area contributed by atoms with Gasteiger partial charge >= 0.3 is 18.2 Å². The predicted molar refractivity (Wildman–Crippen MR) is 313 cm³/mol. The second-order valence-electron chi connectivity index (χ2n) is 21.5. The number of H-pyrrole nitrogens is 1. The first-order valence-electron chi connectivity index (χ1n) is 25.5. The van der Waals surface area contributed by atoms with Gasteiger partial charge in [-0.05, 0) is 168 Å². The van der Waals surface area contributed by atoms with Crippen LogP contribution in [0, 0.1) is 7.14 Å². The predicted octanol–water partition coefficient (Wildman–Crippen LogP) is 12.8. The number of aromatic amines is 1. The number of nitrogens with one attached hydrogen (secondary N) is 1. The summed E-state index contributed by atoms with van der Waals surface area (Å²) in [6.07, 6.45) is -0.438. The molecule has 2 fully saturated rings. The lowest BCUT2D eigenvalue weighted by Gasteiger charge is -2.25. The maximum atomic E-state index is 13.6. The van der Waals surface area contributed by atoms with Gasteiger partial charge in [-0.15, -0.1) is 0 Å². The zero-order chi connectivity index (χ0) is 54.1. The van der Waals surface area contributed by atoms with Crippen molar-refractivity contribution in [2.45, 2.75) is 102 Å². The average molecular weight is 1250 g/mol. The molecule has 16 heteroatoms. The molecule has 2 saturated heterocycles. The molecule has 7 aromatic rings. The van der Waals surface area contributed by atoms with Crippen molar-refractivity contribution in [3.8, 4) is 22.3 Å². The van der Waals surface area contributed by atoms with Gasteiger partial charge in [0.25, 0.3) is 0 Å². The fourth-order valence-corrected chi connectivity index (χ4v) is 11.7. The quantitative estimate of drug-likeness (QED) is 0.0835. The number of benzene rings is 6. The van der Waals surface area contributed by atoms with Gasteiger partial charge in [-0.25, -0.2) is 19.4 Å². The van der Waals surface area contributed by atoms with Crippen molar-refractivity contribution in [2.24, 2.45) is 0 Å². The highest BCUT2D eigenvalue weighted by Gasteiger charge is 2.44. The molecule has 2 aliphatic carbocycles. The van der Waals surface area contributed by atoms with E-state index in [0.717, 1.165) is 46.3 Å². The maximum absolute atomic E-state index is 13.6. The summed E-state index contributed by atoms with van der Waals surface area (Å²) in [7, 11) is 0. The van der Waals surface area contributed by atoms with Crippen molar-refractivity contribution < 1.29 is 38.4 Å². The van der Waals surface area contributed by atoms with Gasteiger partial charge in [-0.3, -0.25) is 9.80 Å². The molecule has 0 spiro atoms. The lowest BCUT2D eigenvalue weighted by atomic mass is 9.98. The first-order chi connectivity index (χ1) is 36.2. The zero-order valence-corrected chi connectivity index (χ0v) is 47.8. The molecule has 1 unspecified atom stereocenters. The van der Waals surface area contributed by atoms with Crippen LogP contribution in [-0.4, -0.2) is 98.8 Å². The van der Waals surface area contributed by atoms with E-state index in [1.807, 2.05) is 102 Å². The third-order valence-electron chi connectivity index (χ3n) is 13.8. The number of nitrogens with two attached hydrogens (primary N) is 2. The molecule has 6 N–H and O–H groups in total. The largest absolute Gasteiger partial charge is 0.480 e. The number of hydrogen-bond donors (Lipinski definition) is 4. The smallest absolute Gasteiger partial charge is 0.410 e. The second kappa shape index (κ2) is 22.8. The van der Waals surface area contributed by atoms with Gasteiger partial charge in [0.2, 0.25) is 0 Å². The highest BCUT2D eigenvalue weighted by molar-refractivity contribution is 14.1. The summed E-state index contributed by atoms with van der Waals surface area (Å²) in [6, 6.07) is 43.5. The van der Waals surface area contributed by atoms with Crippen LogP contribution in [-0.2, 0) is 23.7 Å². The van der Waals surface area contributed by atoms with Crippen LogP contribution >= 0.6 is 45.2 Å². The van der Waals surface area contributed by atoms with Crippen molar-refractivity contribution in [3.05, 3.63) is 169 Å². The van der Waals surface area contributed by atoms with Crippen LogP contribution in [0.3, 0.4) is 0 Å². The van der Waals surface area contributed by atoms with Crippen LogP contribution in [0.2, 0.25) is 0 Å². The minimum Gasteiger partial charge on any atom is -0.480 e. The Morgan fingerprint density at radius 2 is 1.04 bits per heavy atom. The monoisotopic (exact) mass is 1250 g/mol. The highest BCUT2D eigenvalue weighted by Crippen LogP contribution is 2.46. The van der Waals surface area contributed by atoms with Gasteiger partial charge in [0, 0.05) is 31.8 Å². The van der Waals surface area contributed by atoms with Crippen LogP contribution in [0.15, 0.2) is 133 Å². The molecule has 0 bridgehead atoms. The number of aliphatic carboxylic acids is 1. The number of rotatable bonds is 8. The molecule has 76 heavy (non-hydrogen) atoms. The number of hydrogen-bond acceptors (Lipinski definition) is 10. The van der Waals surface area contributed by atoms with Gasteiger partial charge in [0.15, 0.2) is 0 Å². The van der Waals surface area contributed by atoms with Crippen molar-refractivity contribution in [3.63, 3.8) is 0 Å². The number of halogens is 2. The van der Waals surface area contributed by atoms with Crippen LogP contribution in [0.25, 0.3) is 33.3 Å². The number of likely N-dealkylation sites (tertiary alicyclic amines) is 2. The van der Waals surface area contributed by atoms with Crippen LogP contribution in [0.1, 0.15) is 100 Å². The number of amides is 2. The topological polar surface area (TPSA) is 196 Å². The van der Waals surface area contributed by atoms with Crippen LogP contribution in [0.5, 0.6) is 0 Å². The van der Waals surface area contributed by atoms with Crippen molar-refractivity contribution in [1.29, 1.82) is 0 Å². The number of carboxylic acids is 1. The molecule has 4 atom stereocenters. The van der Waals surface area contributed by atoms with E-state index >= 15 is 0 Å². The van der Waals surface area contributed by atoms with E-state index in [1.165, 1.54) is 27.2 Å². The molecular weight excluding hydrogens is 1190 g/mol. The van der Waals surface area contributed by atoms with Crippen LogP contribution in [0.4, 0.5) is 21.0 Å². The van der Waals surface area contributed by atoms with Gasteiger partial charge in [-0.1, -0.05) is 97.1 Å². The first-order valence-corrected chi connectivity index (χ1v) is 27.6. The third kappa shape index (κ3) is 12.5.